The van der Waals surface area contributed by atoms with Crippen LogP contribution in [0.15, 0.2) is 18.2 Å². The zero-order valence-corrected chi connectivity index (χ0v) is 16.0. The molecule has 3 amide bonds. The third-order valence-corrected chi connectivity index (χ3v) is 5.10. The fourth-order valence-corrected chi connectivity index (χ4v) is 3.80. The smallest absolute Gasteiger partial charge is 0.255 e. The number of carbonyl (C=O) groups is 3. The molecule has 0 aromatic heterocycles. The van der Waals surface area contributed by atoms with Crippen LogP contribution in [0.3, 0.4) is 0 Å². The van der Waals surface area contributed by atoms with E-state index < -0.39 is 6.04 Å². The molecule has 0 aliphatic carbocycles. The summed E-state index contributed by atoms with van der Waals surface area (Å²) in [6.07, 6.45) is 1.62. The van der Waals surface area contributed by atoms with Crippen LogP contribution in [-0.4, -0.2) is 41.2 Å². The number of rotatable bonds is 7. The minimum absolute atomic E-state index is 0.115. The lowest BCUT2D eigenvalue weighted by molar-refractivity contribution is -0.136. The van der Waals surface area contributed by atoms with Crippen molar-refractivity contribution in [3.8, 4) is 0 Å². The maximum Gasteiger partial charge on any atom is 0.255 e. The Kier molecular flexibility index (Phi) is 5.92. The first-order chi connectivity index (χ1) is 12.8. The van der Waals surface area contributed by atoms with E-state index in [1.54, 1.807) is 4.90 Å². The Morgan fingerprint density at radius 1 is 1.30 bits per heavy atom. The molecule has 0 spiro atoms. The second-order valence-corrected chi connectivity index (χ2v) is 7.91. The predicted octanol–water partition coefficient (Wildman–Crippen LogP) is 0.911. The zero-order valence-electron chi connectivity index (χ0n) is 16.0. The minimum atomic E-state index is -0.571. The van der Waals surface area contributed by atoms with Crippen molar-refractivity contribution in [3.05, 3.63) is 34.9 Å². The molecule has 0 bridgehead atoms. The Hall–Kier alpha value is -2.25. The molecule has 2 atom stereocenters. The summed E-state index contributed by atoms with van der Waals surface area (Å²) in [6, 6.07) is 5.39. The lowest BCUT2D eigenvalue weighted by atomic mass is 10.0. The third-order valence-electron chi connectivity index (χ3n) is 5.10. The van der Waals surface area contributed by atoms with Crippen LogP contribution in [0.25, 0.3) is 0 Å². The maximum absolute atomic E-state index is 12.8. The molecule has 27 heavy (non-hydrogen) atoms. The Morgan fingerprint density at radius 3 is 2.78 bits per heavy atom. The van der Waals surface area contributed by atoms with Gasteiger partial charge in [0, 0.05) is 37.7 Å². The molecule has 1 saturated heterocycles. The number of hydrogen-bond donors (Lipinski definition) is 3. The average Bonchev–Trinajstić information content (AvgIpc) is 2.91. The highest BCUT2D eigenvalue weighted by Crippen LogP contribution is 2.28. The van der Waals surface area contributed by atoms with E-state index in [0.717, 1.165) is 24.1 Å². The van der Waals surface area contributed by atoms with E-state index in [4.69, 9.17) is 5.73 Å². The van der Waals surface area contributed by atoms with Crippen LogP contribution in [0.5, 0.6) is 0 Å². The van der Waals surface area contributed by atoms with E-state index in [1.165, 1.54) is 0 Å². The van der Waals surface area contributed by atoms with Crippen molar-refractivity contribution in [2.75, 3.05) is 6.54 Å². The van der Waals surface area contributed by atoms with Gasteiger partial charge in [-0.25, -0.2) is 0 Å². The van der Waals surface area contributed by atoms with Crippen molar-refractivity contribution in [2.45, 2.75) is 58.3 Å². The largest absolute Gasteiger partial charge is 0.327 e. The van der Waals surface area contributed by atoms with Gasteiger partial charge in [-0.1, -0.05) is 26.0 Å². The molecule has 2 aliphatic heterocycles. The third kappa shape index (κ3) is 4.54. The highest BCUT2D eigenvalue weighted by atomic mass is 16.2. The number of nitrogens with zero attached hydrogens (tertiary/aromatic N) is 1. The van der Waals surface area contributed by atoms with E-state index in [2.05, 4.69) is 24.5 Å². The second-order valence-electron chi connectivity index (χ2n) is 7.91. The van der Waals surface area contributed by atoms with Gasteiger partial charge in [0.1, 0.15) is 6.04 Å². The number of fused-ring (bicyclic) bond motifs is 1. The van der Waals surface area contributed by atoms with Crippen LogP contribution < -0.4 is 16.4 Å². The SMILES string of the molecule is CC(C)C[C@H](N)CNCc1ccc2c(c1)C(=O)N(C1CCC(=O)NC1=O)C2. The van der Waals surface area contributed by atoms with Crippen molar-refractivity contribution in [1.29, 1.82) is 0 Å². The molecular formula is C20H28N4O3. The zero-order chi connectivity index (χ0) is 19.6. The Bertz CT molecular complexity index is 747. The van der Waals surface area contributed by atoms with Gasteiger partial charge >= 0.3 is 0 Å². The van der Waals surface area contributed by atoms with Crippen LogP contribution in [0.4, 0.5) is 0 Å². The highest BCUT2D eigenvalue weighted by Gasteiger charge is 2.39. The molecule has 3 rings (SSSR count). The van der Waals surface area contributed by atoms with E-state index in [0.29, 0.717) is 31.0 Å². The number of nitrogens with two attached hydrogens (primary N) is 1. The van der Waals surface area contributed by atoms with Gasteiger partial charge in [0.15, 0.2) is 0 Å². The van der Waals surface area contributed by atoms with Crippen LogP contribution in [0, 0.1) is 5.92 Å². The summed E-state index contributed by atoms with van der Waals surface area (Å²) in [7, 11) is 0. The fourth-order valence-electron chi connectivity index (χ4n) is 3.80. The molecule has 7 nitrogen and oxygen atoms in total. The first kappa shape index (κ1) is 19.5. The first-order valence-corrected chi connectivity index (χ1v) is 9.58. The summed E-state index contributed by atoms with van der Waals surface area (Å²) < 4.78 is 0. The van der Waals surface area contributed by atoms with Crippen molar-refractivity contribution >= 4 is 17.7 Å². The number of hydrogen-bond acceptors (Lipinski definition) is 5. The maximum atomic E-state index is 12.8. The topological polar surface area (TPSA) is 105 Å². The van der Waals surface area contributed by atoms with Gasteiger partial charge in [-0.05, 0) is 36.0 Å². The molecule has 2 aliphatic rings. The van der Waals surface area contributed by atoms with Crippen LogP contribution >= 0.6 is 0 Å². The van der Waals surface area contributed by atoms with Gasteiger partial charge < -0.3 is 16.0 Å². The van der Waals surface area contributed by atoms with E-state index >= 15 is 0 Å². The van der Waals surface area contributed by atoms with Gasteiger partial charge in [0.25, 0.3) is 5.91 Å². The molecule has 2 heterocycles. The van der Waals surface area contributed by atoms with E-state index in [9.17, 15) is 14.4 Å². The average molecular weight is 372 g/mol. The Labute approximate surface area is 159 Å². The van der Waals surface area contributed by atoms with Crippen molar-refractivity contribution in [2.24, 2.45) is 11.7 Å². The fraction of sp³-hybridized carbons (Fsp3) is 0.550. The Balaban J connectivity index is 1.61. The number of nitrogens with one attached hydrogen (secondary N) is 2. The van der Waals surface area contributed by atoms with Crippen LogP contribution in [-0.2, 0) is 22.7 Å². The van der Waals surface area contributed by atoms with Gasteiger partial charge in [0.2, 0.25) is 11.8 Å². The van der Waals surface area contributed by atoms with Gasteiger partial charge in [-0.15, -0.1) is 0 Å². The molecule has 4 N–H and O–H groups in total. The summed E-state index contributed by atoms with van der Waals surface area (Å²) >= 11 is 0. The molecule has 1 unspecified atom stereocenters. The van der Waals surface area contributed by atoms with Crippen LogP contribution in [0.1, 0.15) is 54.6 Å². The highest BCUT2D eigenvalue weighted by molar-refractivity contribution is 6.05. The molecule has 1 aromatic carbocycles. The van der Waals surface area contributed by atoms with Gasteiger partial charge in [-0.2, -0.15) is 0 Å². The normalized spacial score (nSPS) is 20.8. The first-order valence-electron chi connectivity index (χ1n) is 9.58. The van der Waals surface area contributed by atoms with Crippen molar-refractivity contribution in [1.82, 2.24) is 15.5 Å². The summed E-state index contributed by atoms with van der Waals surface area (Å²) in [4.78, 5) is 37.8. The monoisotopic (exact) mass is 372 g/mol. The number of amides is 3. The minimum Gasteiger partial charge on any atom is -0.327 e. The van der Waals surface area contributed by atoms with Gasteiger partial charge in [-0.3, -0.25) is 19.7 Å². The molecule has 0 saturated carbocycles. The van der Waals surface area contributed by atoms with Gasteiger partial charge in [0.05, 0.1) is 0 Å². The number of piperidine rings is 1. The van der Waals surface area contributed by atoms with Crippen molar-refractivity contribution < 1.29 is 14.4 Å². The molecule has 7 heteroatoms. The second kappa shape index (κ2) is 8.19. The molecule has 1 aromatic rings. The number of benzene rings is 1. The van der Waals surface area contributed by atoms with Crippen LogP contribution in [0.2, 0.25) is 0 Å². The predicted molar refractivity (Wildman–Crippen MR) is 102 cm³/mol. The van der Waals surface area contributed by atoms with E-state index in [1.807, 2.05) is 18.2 Å². The summed E-state index contributed by atoms with van der Waals surface area (Å²) in [5.41, 5.74) is 8.67. The van der Waals surface area contributed by atoms with E-state index in [-0.39, 0.29) is 30.2 Å². The molecule has 146 valence electrons. The lowest BCUT2D eigenvalue weighted by Gasteiger charge is -2.29. The number of imide groups is 1. The quantitative estimate of drug-likeness (QED) is 0.617. The summed E-state index contributed by atoms with van der Waals surface area (Å²) in [5.74, 6) is -0.228. The summed E-state index contributed by atoms with van der Waals surface area (Å²) in [5, 5.41) is 5.67. The number of carbonyl (C=O) groups excluding carboxylic acids is 3. The molecular weight excluding hydrogens is 344 g/mol. The Morgan fingerprint density at radius 2 is 2.07 bits per heavy atom. The standard InChI is InChI=1S/C20H28N4O3/c1-12(2)7-15(21)10-22-9-13-3-4-14-11-24(20(27)16(14)8-13)17-5-6-18(25)23-19(17)26/h3-4,8,12,15,17,22H,5-7,9-11,21H2,1-2H3,(H,23,25,26)/t15-,17?/m0/s1. The van der Waals surface area contributed by atoms with Crippen molar-refractivity contribution in [3.63, 3.8) is 0 Å². The molecule has 1 fully saturated rings. The molecule has 0 radical (unpaired) electrons. The lowest BCUT2D eigenvalue weighted by Crippen LogP contribution is -2.52. The summed E-state index contributed by atoms with van der Waals surface area (Å²) in [6.45, 7) is 6.09.